The Balaban J connectivity index is 3.01. The zero-order chi connectivity index (χ0) is 10.4. The van der Waals surface area contributed by atoms with Crippen LogP contribution in [0.3, 0.4) is 0 Å². The van der Waals surface area contributed by atoms with Crippen molar-refractivity contribution in [2.45, 2.75) is 0 Å². The van der Waals surface area contributed by atoms with Crippen molar-refractivity contribution in [1.82, 2.24) is 4.98 Å². The number of halogens is 1. The van der Waals surface area contributed by atoms with E-state index in [4.69, 9.17) is 9.47 Å². The van der Waals surface area contributed by atoms with Gasteiger partial charge in [-0.1, -0.05) is 0 Å². The number of ether oxygens (including phenoxy) is 2. The standard InChI is InChI=1S/C9H8INO2S/c1-12-8-4-3-7(5-6-14-10)11-9(8)13-2/h3-4H,1-2H3. The molecule has 0 radical (unpaired) electrons. The third-order valence-corrected chi connectivity index (χ3v) is 2.30. The molecule has 0 amide bonds. The maximum Gasteiger partial charge on any atom is 0.257 e. The van der Waals surface area contributed by atoms with Gasteiger partial charge in [0.05, 0.1) is 14.2 Å². The number of pyridine rings is 1. The van der Waals surface area contributed by atoms with Gasteiger partial charge in [0, 0.05) is 21.2 Å². The zero-order valence-electron chi connectivity index (χ0n) is 7.70. The molecule has 1 rings (SSSR count). The molecule has 5 heteroatoms. The Morgan fingerprint density at radius 1 is 1.36 bits per heavy atom. The lowest BCUT2D eigenvalue weighted by molar-refractivity contribution is 0.342. The minimum atomic E-state index is 0.456. The summed E-state index contributed by atoms with van der Waals surface area (Å²) in [6.45, 7) is 0. The molecule has 74 valence electrons. The van der Waals surface area contributed by atoms with Crippen LogP contribution in [-0.4, -0.2) is 19.2 Å². The van der Waals surface area contributed by atoms with E-state index in [1.165, 1.54) is 8.93 Å². The molecule has 0 bridgehead atoms. The highest BCUT2D eigenvalue weighted by Gasteiger charge is 2.04. The number of methoxy groups -OCH3 is 2. The Hall–Kier alpha value is -0.610. The van der Waals surface area contributed by atoms with Crippen LogP contribution in [0.25, 0.3) is 0 Å². The van der Waals surface area contributed by atoms with Crippen molar-refractivity contribution in [3.8, 4) is 22.8 Å². The van der Waals surface area contributed by atoms with Crippen LogP contribution in [0.4, 0.5) is 0 Å². The number of hydrogen-bond donors (Lipinski definition) is 0. The van der Waals surface area contributed by atoms with E-state index in [0.29, 0.717) is 17.3 Å². The Labute approximate surface area is 99.2 Å². The summed E-state index contributed by atoms with van der Waals surface area (Å²) in [6.07, 6.45) is 0. The Kier molecular flexibility index (Phi) is 4.90. The van der Waals surface area contributed by atoms with E-state index in [0.717, 1.165) is 0 Å². The lowest BCUT2D eigenvalue weighted by atomic mass is 10.3. The molecular weight excluding hydrogens is 313 g/mol. The second-order valence-electron chi connectivity index (χ2n) is 2.21. The van der Waals surface area contributed by atoms with Crippen LogP contribution >= 0.6 is 30.1 Å². The van der Waals surface area contributed by atoms with Crippen molar-refractivity contribution < 1.29 is 9.47 Å². The minimum Gasteiger partial charge on any atom is -0.491 e. The minimum absolute atomic E-state index is 0.456. The van der Waals surface area contributed by atoms with Gasteiger partial charge in [-0.2, -0.15) is 0 Å². The molecule has 0 spiro atoms. The first kappa shape index (κ1) is 11.5. The van der Waals surface area contributed by atoms with Gasteiger partial charge in [-0.3, -0.25) is 0 Å². The average molecular weight is 321 g/mol. The van der Waals surface area contributed by atoms with Gasteiger partial charge in [0.2, 0.25) is 0 Å². The number of nitrogens with zero attached hydrogens (tertiary/aromatic N) is 1. The Bertz CT molecular complexity index is 373. The predicted octanol–water partition coefficient (Wildman–Crippen LogP) is 2.49. The molecule has 1 heterocycles. The highest BCUT2D eigenvalue weighted by atomic mass is 127. The highest BCUT2D eigenvalue weighted by Crippen LogP contribution is 2.23. The first-order valence-corrected chi connectivity index (χ1v) is 7.05. The lowest BCUT2D eigenvalue weighted by Gasteiger charge is -2.05. The molecular formula is C9H8INO2S. The van der Waals surface area contributed by atoms with Gasteiger partial charge in [0.1, 0.15) is 5.69 Å². The summed E-state index contributed by atoms with van der Waals surface area (Å²) in [5.74, 6) is 3.95. The van der Waals surface area contributed by atoms with Gasteiger partial charge in [0.15, 0.2) is 5.75 Å². The van der Waals surface area contributed by atoms with E-state index in [2.05, 4.69) is 37.4 Å². The normalized spacial score (nSPS) is 8.79. The molecule has 0 saturated carbocycles. The smallest absolute Gasteiger partial charge is 0.257 e. The summed E-state index contributed by atoms with van der Waals surface area (Å²) in [7, 11) is 4.54. The van der Waals surface area contributed by atoms with E-state index in [1.807, 2.05) is 0 Å². The highest BCUT2D eigenvalue weighted by molar-refractivity contribution is 14.2. The van der Waals surface area contributed by atoms with Gasteiger partial charge < -0.3 is 9.47 Å². The fraction of sp³-hybridized carbons (Fsp3) is 0.222. The van der Waals surface area contributed by atoms with Gasteiger partial charge in [-0.15, -0.1) is 0 Å². The number of aromatic nitrogens is 1. The maximum atomic E-state index is 5.05. The largest absolute Gasteiger partial charge is 0.491 e. The molecule has 0 aliphatic rings. The lowest BCUT2D eigenvalue weighted by Crippen LogP contribution is -1.94. The van der Waals surface area contributed by atoms with Crippen molar-refractivity contribution >= 4 is 30.1 Å². The fourth-order valence-corrected chi connectivity index (χ4v) is 1.34. The molecule has 0 N–H and O–H groups in total. The van der Waals surface area contributed by atoms with Crippen LogP contribution in [0.15, 0.2) is 12.1 Å². The second kappa shape index (κ2) is 5.98. The molecule has 14 heavy (non-hydrogen) atoms. The maximum absolute atomic E-state index is 5.05. The molecule has 1 aromatic heterocycles. The summed E-state index contributed by atoms with van der Waals surface area (Å²) in [4.78, 5) is 4.16. The molecule has 0 saturated heterocycles. The zero-order valence-corrected chi connectivity index (χ0v) is 10.7. The van der Waals surface area contributed by atoms with Gasteiger partial charge >= 0.3 is 0 Å². The Morgan fingerprint density at radius 2 is 2.14 bits per heavy atom. The molecule has 0 atom stereocenters. The monoisotopic (exact) mass is 321 g/mol. The van der Waals surface area contributed by atoms with Gasteiger partial charge in [-0.05, 0) is 32.2 Å². The SMILES string of the molecule is COc1ccc(C#CSI)nc1OC. The van der Waals surface area contributed by atoms with Crippen molar-refractivity contribution in [1.29, 1.82) is 0 Å². The molecule has 3 nitrogen and oxygen atoms in total. The van der Waals surface area contributed by atoms with E-state index in [1.54, 1.807) is 26.4 Å². The summed E-state index contributed by atoms with van der Waals surface area (Å²) < 4.78 is 10.1. The summed E-state index contributed by atoms with van der Waals surface area (Å²) >= 11 is 2.11. The van der Waals surface area contributed by atoms with Crippen LogP contribution in [-0.2, 0) is 0 Å². The van der Waals surface area contributed by atoms with E-state index in [9.17, 15) is 0 Å². The Morgan fingerprint density at radius 3 is 2.71 bits per heavy atom. The first-order chi connectivity index (χ1) is 6.81. The average Bonchev–Trinajstić information content (AvgIpc) is 2.25. The van der Waals surface area contributed by atoms with E-state index in [-0.39, 0.29) is 0 Å². The second-order valence-corrected chi connectivity index (χ2v) is 3.89. The fourth-order valence-electron chi connectivity index (χ4n) is 0.870. The first-order valence-electron chi connectivity index (χ1n) is 3.69. The van der Waals surface area contributed by atoms with Crippen LogP contribution in [0.5, 0.6) is 11.6 Å². The molecule has 0 unspecified atom stereocenters. The molecule has 0 fully saturated rings. The van der Waals surface area contributed by atoms with Gasteiger partial charge in [-0.25, -0.2) is 4.98 Å². The molecule has 0 aliphatic heterocycles. The summed E-state index contributed by atoms with van der Waals surface area (Å²) in [6, 6.07) is 3.58. The molecule has 1 aromatic rings. The number of rotatable bonds is 2. The van der Waals surface area contributed by atoms with Gasteiger partial charge in [0.25, 0.3) is 5.88 Å². The predicted molar refractivity (Wildman–Crippen MR) is 65.8 cm³/mol. The molecule has 0 aromatic carbocycles. The topological polar surface area (TPSA) is 31.4 Å². The van der Waals surface area contributed by atoms with Crippen LogP contribution in [0.1, 0.15) is 5.69 Å². The summed E-state index contributed by atoms with van der Waals surface area (Å²) in [5, 5.41) is 2.85. The molecule has 0 aliphatic carbocycles. The van der Waals surface area contributed by atoms with Crippen LogP contribution in [0.2, 0.25) is 0 Å². The van der Waals surface area contributed by atoms with E-state index < -0.39 is 0 Å². The van der Waals surface area contributed by atoms with Crippen molar-refractivity contribution in [3.63, 3.8) is 0 Å². The van der Waals surface area contributed by atoms with Crippen LogP contribution < -0.4 is 9.47 Å². The van der Waals surface area contributed by atoms with Crippen molar-refractivity contribution in [2.75, 3.05) is 14.2 Å². The summed E-state index contributed by atoms with van der Waals surface area (Å²) in [5.41, 5.74) is 0.673. The van der Waals surface area contributed by atoms with Crippen molar-refractivity contribution in [2.24, 2.45) is 0 Å². The third kappa shape index (κ3) is 2.96. The number of hydrogen-bond acceptors (Lipinski definition) is 4. The van der Waals surface area contributed by atoms with Crippen molar-refractivity contribution in [3.05, 3.63) is 17.8 Å². The quantitative estimate of drug-likeness (QED) is 0.619. The third-order valence-electron chi connectivity index (χ3n) is 1.46. The van der Waals surface area contributed by atoms with Crippen LogP contribution in [0, 0.1) is 11.2 Å². The van der Waals surface area contributed by atoms with E-state index >= 15 is 0 Å².